The van der Waals surface area contributed by atoms with Gasteiger partial charge in [-0.3, -0.25) is 4.79 Å². The van der Waals surface area contributed by atoms with Crippen LogP contribution in [0.5, 0.6) is 0 Å². The van der Waals surface area contributed by atoms with E-state index in [1.54, 1.807) is 0 Å². The van der Waals surface area contributed by atoms with E-state index in [9.17, 15) is 4.79 Å². The van der Waals surface area contributed by atoms with Gasteiger partial charge in [0.2, 0.25) is 0 Å². The number of esters is 1. The van der Waals surface area contributed by atoms with Crippen molar-refractivity contribution in [3.05, 3.63) is 29.3 Å². The second-order valence-corrected chi connectivity index (χ2v) is 7.31. The number of ether oxygens (including phenoxy) is 1. The summed E-state index contributed by atoms with van der Waals surface area (Å²) in [6, 6.07) is 7.47. The van der Waals surface area contributed by atoms with Gasteiger partial charge in [0.1, 0.15) is 5.60 Å². The molecule has 0 amide bonds. The highest BCUT2D eigenvalue weighted by molar-refractivity contribution is 7.99. The SMILES string of the molecule is CCn1c(SCC(=O)OC(C)(C)C)nnc1-c1cccc(Cl)c1. The lowest BCUT2D eigenvalue weighted by molar-refractivity contribution is -0.151. The minimum absolute atomic E-state index is 0.199. The second kappa shape index (κ2) is 7.36. The monoisotopic (exact) mass is 353 g/mol. The summed E-state index contributed by atoms with van der Waals surface area (Å²) in [5, 5.41) is 9.76. The van der Waals surface area contributed by atoms with Gasteiger partial charge in [-0.2, -0.15) is 0 Å². The molecule has 2 rings (SSSR count). The molecule has 0 aliphatic carbocycles. The van der Waals surface area contributed by atoms with Gasteiger partial charge in [0, 0.05) is 17.1 Å². The van der Waals surface area contributed by atoms with Gasteiger partial charge in [-0.25, -0.2) is 0 Å². The van der Waals surface area contributed by atoms with Gasteiger partial charge in [0.05, 0.1) is 5.75 Å². The normalized spacial score (nSPS) is 11.5. The van der Waals surface area contributed by atoms with Crippen molar-refractivity contribution in [3.8, 4) is 11.4 Å². The topological polar surface area (TPSA) is 57.0 Å². The molecular weight excluding hydrogens is 334 g/mol. The number of hydrogen-bond donors (Lipinski definition) is 0. The van der Waals surface area contributed by atoms with Crippen LogP contribution in [0, 0.1) is 0 Å². The van der Waals surface area contributed by atoms with Crippen LogP contribution in [-0.2, 0) is 16.1 Å². The van der Waals surface area contributed by atoms with Crippen molar-refractivity contribution in [1.29, 1.82) is 0 Å². The molecule has 0 atom stereocenters. The molecule has 0 fully saturated rings. The largest absolute Gasteiger partial charge is 0.459 e. The lowest BCUT2D eigenvalue weighted by Crippen LogP contribution is -2.25. The summed E-state index contributed by atoms with van der Waals surface area (Å²) in [6.45, 7) is 8.25. The molecule has 1 aromatic carbocycles. The first-order valence-electron chi connectivity index (χ1n) is 7.34. The molecule has 0 radical (unpaired) electrons. The van der Waals surface area contributed by atoms with E-state index in [0.29, 0.717) is 16.7 Å². The van der Waals surface area contributed by atoms with Crippen LogP contribution in [0.15, 0.2) is 29.4 Å². The summed E-state index contributed by atoms with van der Waals surface area (Å²) in [7, 11) is 0. The van der Waals surface area contributed by atoms with Crippen LogP contribution in [0.25, 0.3) is 11.4 Å². The van der Waals surface area contributed by atoms with E-state index in [4.69, 9.17) is 16.3 Å². The zero-order valence-electron chi connectivity index (χ0n) is 13.7. The lowest BCUT2D eigenvalue weighted by Gasteiger charge is -2.19. The predicted molar refractivity (Wildman–Crippen MR) is 92.7 cm³/mol. The Hall–Kier alpha value is -1.53. The highest BCUT2D eigenvalue weighted by Gasteiger charge is 2.19. The van der Waals surface area contributed by atoms with Gasteiger partial charge in [-0.15, -0.1) is 10.2 Å². The van der Waals surface area contributed by atoms with Crippen LogP contribution >= 0.6 is 23.4 Å². The molecule has 0 saturated heterocycles. The third-order valence-electron chi connectivity index (χ3n) is 2.86. The van der Waals surface area contributed by atoms with Crippen LogP contribution in [-0.4, -0.2) is 32.1 Å². The summed E-state index contributed by atoms with van der Waals surface area (Å²) in [5.74, 6) is 0.671. The van der Waals surface area contributed by atoms with Gasteiger partial charge in [0.15, 0.2) is 11.0 Å². The van der Waals surface area contributed by atoms with Crippen LogP contribution < -0.4 is 0 Å². The summed E-state index contributed by atoms with van der Waals surface area (Å²) in [6.07, 6.45) is 0. The third kappa shape index (κ3) is 4.97. The molecule has 124 valence electrons. The molecule has 2 aromatic rings. The van der Waals surface area contributed by atoms with Crippen molar-refractivity contribution in [3.63, 3.8) is 0 Å². The maximum atomic E-state index is 11.8. The quantitative estimate of drug-likeness (QED) is 0.599. The van der Waals surface area contributed by atoms with Crippen molar-refractivity contribution >= 4 is 29.3 Å². The summed E-state index contributed by atoms with van der Waals surface area (Å²) in [4.78, 5) is 11.8. The number of hydrogen-bond acceptors (Lipinski definition) is 5. The Morgan fingerprint density at radius 1 is 1.35 bits per heavy atom. The average Bonchev–Trinajstić information content (AvgIpc) is 2.86. The molecule has 7 heteroatoms. The number of rotatable bonds is 5. The summed E-state index contributed by atoms with van der Waals surface area (Å²) in [5.41, 5.74) is 0.415. The maximum Gasteiger partial charge on any atom is 0.316 e. The number of aromatic nitrogens is 3. The zero-order chi connectivity index (χ0) is 17.0. The highest BCUT2D eigenvalue weighted by atomic mass is 35.5. The number of carbonyl (C=O) groups is 1. The Labute approximate surface area is 145 Å². The minimum atomic E-state index is -0.484. The molecule has 0 aliphatic rings. The van der Waals surface area contributed by atoms with E-state index >= 15 is 0 Å². The number of thioether (sulfide) groups is 1. The Kier molecular flexibility index (Phi) is 5.70. The van der Waals surface area contributed by atoms with Crippen LogP contribution in [0.4, 0.5) is 0 Å². The van der Waals surface area contributed by atoms with E-state index < -0.39 is 5.60 Å². The molecule has 23 heavy (non-hydrogen) atoms. The molecule has 5 nitrogen and oxygen atoms in total. The Morgan fingerprint density at radius 2 is 2.09 bits per heavy atom. The number of carbonyl (C=O) groups excluding carboxylic acids is 1. The van der Waals surface area contributed by atoms with Crippen LogP contribution in [0.2, 0.25) is 5.02 Å². The van der Waals surface area contributed by atoms with Crippen molar-refractivity contribution in [2.75, 3.05) is 5.75 Å². The second-order valence-electron chi connectivity index (χ2n) is 5.94. The Morgan fingerprint density at radius 3 is 2.70 bits per heavy atom. The standard InChI is InChI=1S/C16H20ClN3O2S/c1-5-20-14(11-7-6-8-12(17)9-11)18-19-15(20)23-10-13(21)22-16(2,3)4/h6-9H,5,10H2,1-4H3. The fraction of sp³-hybridized carbons (Fsp3) is 0.438. The first-order valence-corrected chi connectivity index (χ1v) is 8.70. The first-order chi connectivity index (χ1) is 10.8. The molecular formula is C16H20ClN3O2S. The Bertz CT molecular complexity index is 695. The average molecular weight is 354 g/mol. The van der Waals surface area contributed by atoms with Gasteiger partial charge >= 0.3 is 5.97 Å². The van der Waals surface area contributed by atoms with Crippen LogP contribution in [0.3, 0.4) is 0 Å². The van der Waals surface area contributed by atoms with Gasteiger partial charge in [-0.1, -0.05) is 35.5 Å². The van der Waals surface area contributed by atoms with Crippen LogP contribution in [0.1, 0.15) is 27.7 Å². The molecule has 0 unspecified atom stereocenters. The van der Waals surface area contributed by atoms with Crippen molar-refractivity contribution in [1.82, 2.24) is 14.8 Å². The summed E-state index contributed by atoms with van der Waals surface area (Å²) >= 11 is 7.36. The maximum absolute atomic E-state index is 11.8. The Balaban J connectivity index is 2.14. The van der Waals surface area contributed by atoms with Crippen molar-refractivity contribution in [2.45, 2.75) is 45.0 Å². The van der Waals surface area contributed by atoms with Crippen molar-refractivity contribution < 1.29 is 9.53 Å². The minimum Gasteiger partial charge on any atom is -0.459 e. The van der Waals surface area contributed by atoms with E-state index in [0.717, 1.165) is 11.4 Å². The molecule has 0 N–H and O–H groups in total. The highest BCUT2D eigenvalue weighted by Crippen LogP contribution is 2.26. The van der Waals surface area contributed by atoms with E-state index in [-0.39, 0.29) is 11.7 Å². The zero-order valence-corrected chi connectivity index (χ0v) is 15.2. The molecule has 1 heterocycles. The number of benzene rings is 1. The van der Waals surface area contributed by atoms with Gasteiger partial charge in [-0.05, 0) is 39.8 Å². The first kappa shape index (κ1) is 17.8. The summed E-state index contributed by atoms with van der Waals surface area (Å²) < 4.78 is 7.26. The molecule has 0 aliphatic heterocycles. The molecule has 0 bridgehead atoms. The smallest absolute Gasteiger partial charge is 0.316 e. The fourth-order valence-corrected chi connectivity index (χ4v) is 2.98. The number of nitrogens with zero attached hydrogens (tertiary/aromatic N) is 3. The van der Waals surface area contributed by atoms with Gasteiger partial charge in [0.25, 0.3) is 0 Å². The molecule has 1 aromatic heterocycles. The van der Waals surface area contributed by atoms with E-state index in [1.165, 1.54) is 11.8 Å². The van der Waals surface area contributed by atoms with Crippen molar-refractivity contribution in [2.24, 2.45) is 0 Å². The van der Waals surface area contributed by atoms with E-state index in [1.807, 2.05) is 56.5 Å². The third-order valence-corrected chi connectivity index (χ3v) is 4.03. The molecule has 0 saturated carbocycles. The van der Waals surface area contributed by atoms with E-state index in [2.05, 4.69) is 10.2 Å². The fourth-order valence-electron chi connectivity index (χ4n) is 2.02. The molecule has 0 spiro atoms. The lowest BCUT2D eigenvalue weighted by atomic mass is 10.2. The number of halogens is 1. The van der Waals surface area contributed by atoms with Gasteiger partial charge < -0.3 is 9.30 Å². The predicted octanol–water partition coefficient (Wildman–Crippen LogP) is 4.05.